The Kier molecular flexibility index (Phi) is 7.32. The average molecular weight is 484 g/mol. The van der Waals surface area contributed by atoms with Gasteiger partial charge in [-0.05, 0) is 50.7 Å². The van der Waals surface area contributed by atoms with Crippen molar-refractivity contribution in [2.45, 2.75) is 32.5 Å². The van der Waals surface area contributed by atoms with Crippen LogP contribution >= 0.6 is 23.8 Å². The molecular formula is C25H30ClN5OS. The Morgan fingerprint density at radius 1 is 1.12 bits per heavy atom. The van der Waals surface area contributed by atoms with E-state index in [4.69, 9.17) is 28.8 Å². The van der Waals surface area contributed by atoms with Crippen molar-refractivity contribution in [3.63, 3.8) is 0 Å². The van der Waals surface area contributed by atoms with Gasteiger partial charge in [-0.2, -0.15) is 0 Å². The summed E-state index contributed by atoms with van der Waals surface area (Å²) in [4.78, 5) is 24.6. The second kappa shape index (κ2) is 10.2. The number of halogens is 1. The first kappa shape index (κ1) is 23.7. The highest BCUT2D eigenvalue weighted by Gasteiger charge is 2.31. The number of benzodiazepines with no additional fused rings is 1. The third kappa shape index (κ3) is 5.21. The maximum atomic E-state index is 13.4. The molecule has 2 aromatic rings. The topological polar surface area (TPSA) is 51.2 Å². The van der Waals surface area contributed by atoms with Crippen molar-refractivity contribution in [2.24, 2.45) is 4.99 Å². The van der Waals surface area contributed by atoms with Crippen molar-refractivity contribution in [1.82, 2.24) is 15.1 Å². The van der Waals surface area contributed by atoms with E-state index in [-0.39, 0.29) is 5.91 Å². The molecule has 4 rings (SSSR count). The third-order valence-electron chi connectivity index (χ3n) is 6.25. The molecule has 0 aliphatic carbocycles. The quantitative estimate of drug-likeness (QED) is 0.673. The molecule has 174 valence electrons. The van der Waals surface area contributed by atoms with Crippen LogP contribution in [0.25, 0.3) is 0 Å². The Labute approximate surface area is 206 Å². The highest BCUT2D eigenvalue weighted by atomic mass is 35.5. The molecule has 33 heavy (non-hydrogen) atoms. The molecule has 1 unspecified atom stereocenters. The number of benzene rings is 2. The van der Waals surface area contributed by atoms with E-state index in [9.17, 15) is 4.79 Å². The van der Waals surface area contributed by atoms with Gasteiger partial charge in [0, 0.05) is 55.4 Å². The number of aliphatic imine (C=N–C) groups is 1. The van der Waals surface area contributed by atoms with Gasteiger partial charge in [-0.1, -0.05) is 41.9 Å². The van der Waals surface area contributed by atoms with Crippen LogP contribution in [-0.2, 0) is 4.79 Å². The zero-order chi connectivity index (χ0) is 23.5. The number of carbonyl (C=O) groups is 1. The lowest BCUT2D eigenvalue weighted by molar-refractivity contribution is -0.119. The molecule has 0 spiro atoms. The number of hydrogen-bond acceptors (Lipinski definition) is 4. The van der Waals surface area contributed by atoms with Crippen LogP contribution in [0.5, 0.6) is 0 Å². The summed E-state index contributed by atoms with van der Waals surface area (Å²) in [6.07, 6.45) is 0.203. The number of fused-ring (bicyclic) bond motifs is 1. The second-order valence-electron chi connectivity index (χ2n) is 8.72. The molecule has 0 aromatic heterocycles. The van der Waals surface area contributed by atoms with E-state index in [1.165, 1.54) is 0 Å². The van der Waals surface area contributed by atoms with Gasteiger partial charge in [0.2, 0.25) is 6.17 Å². The summed E-state index contributed by atoms with van der Waals surface area (Å²) >= 11 is 12.1. The smallest absolute Gasteiger partial charge is 0.272 e. The van der Waals surface area contributed by atoms with Crippen LogP contribution in [0, 0.1) is 0 Å². The van der Waals surface area contributed by atoms with Gasteiger partial charge < -0.3 is 15.1 Å². The zero-order valence-electron chi connectivity index (χ0n) is 19.3. The van der Waals surface area contributed by atoms with E-state index in [2.05, 4.69) is 29.0 Å². The highest BCUT2D eigenvalue weighted by molar-refractivity contribution is 7.80. The predicted molar refractivity (Wildman–Crippen MR) is 139 cm³/mol. The number of carbonyl (C=O) groups excluding carboxylic acids is 1. The van der Waals surface area contributed by atoms with Gasteiger partial charge in [0.1, 0.15) is 0 Å². The summed E-state index contributed by atoms with van der Waals surface area (Å²) in [5, 5.41) is 4.42. The number of rotatable bonds is 3. The highest BCUT2D eigenvalue weighted by Crippen LogP contribution is 2.30. The summed E-state index contributed by atoms with van der Waals surface area (Å²) < 4.78 is 0. The Morgan fingerprint density at radius 3 is 2.61 bits per heavy atom. The van der Waals surface area contributed by atoms with Gasteiger partial charge in [-0.25, -0.2) is 4.99 Å². The first-order valence-electron chi connectivity index (χ1n) is 11.4. The van der Waals surface area contributed by atoms with E-state index in [0.29, 0.717) is 21.9 Å². The summed E-state index contributed by atoms with van der Waals surface area (Å²) in [5.41, 5.74) is 3.23. The molecule has 1 atom stereocenters. The van der Waals surface area contributed by atoms with Crippen LogP contribution in [0.2, 0.25) is 5.02 Å². The third-order valence-corrected chi connectivity index (χ3v) is 6.86. The fraction of sp³-hybridized carbons (Fsp3) is 0.400. The molecular weight excluding hydrogens is 454 g/mol. The Balaban J connectivity index is 1.65. The second-order valence-corrected chi connectivity index (χ2v) is 9.55. The number of likely N-dealkylation sites (N-methyl/N-ethyl adjacent to an activating group) is 1. The van der Waals surface area contributed by atoms with Crippen molar-refractivity contribution in [3.05, 3.63) is 64.7 Å². The number of amides is 1. The number of anilines is 1. The molecule has 2 aromatic carbocycles. The van der Waals surface area contributed by atoms with Crippen LogP contribution in [0.15, 0.2) is 53.5 Å². The van der Waals surface area contributed by atoms with Crippen molar-refractivity contribution in [1.29, 1.82) is 0 Å². The maximum Gasteiger partial charge on any atom is 0.272 e. The van der Waals surface area contributed by atoms with Crippen molar-refractivity contribution in [3.8, 4) is 0 Å². The minimum atomic E-state index is -0.826. The van der Waals surface area contributed by atoms with E-state index < -0.39 is 6.17 Å². The van der Waals surface area contributed by atoms with Crippen molar-refractivity contribution < 1.29 is 4.79 Å². The lowest BCUT2D eigenvalue weighted by atomic mass is 10.0. The average Bonchev–Trinajstić information content (AvgIpc) is 3.12. The molecule has 0 bridgehead atoms. The Hall–Kier alpha value is -2.48. The molecule has 1 N–H and O–H groups in total. The largest absolute Gasteiger partial charge is 0.348 e. The van der Waals surface area contributed by atoms with E-state index in [0.717, 1.165) is 49.4 Å². The van der Waals surface area contributed by atoms with Gasteiger partial charge in [-0.3, -0.25) is 9.69 Å². The lowest BCUT2D eigenvalue weighted by Crippen LogP contribution is -2.51. The minimum absolute atomic E-state index is 0.162. The van der Waals surface area contributed by atoms with Gasteiger partial charge in [-0.15, -0.1) is 0 Å². The molecule has 0 radical (unpaired) electrons. The van der Waals surface area contributed by atoms with E-state index >= 15 is 0 Å². The number of hydrogen-bond donors (Lipinski definition) is 1. The molecule has 2 aliphatic rings. The molecule has 1 fully saturated rings. The molecule has 1 amide bonds. The molecule has 2 heterocycles. The number of thiocarbonyl (C=S) groups is 1. The summed E-state index contributed by atoms with van der Waals surface area (Å²) in [6.45, 7) is 8.11. The van der Waals surface area contributed by atoms with Gasteiger partial charge in [0.25, 0.3) is 5.91 Å². The first-order chi connectivity index (χ1) is 15.8. The summed E-state index contributed by atoms with van der Waals surface area (Å²) in [6, 6.07) is 15.9. The number of nitrogens with one attached hydrogen (secondary N) is 1. The van der Waals surface area contributed by atoms with Crippen LogP contribution in [-0.4, -0.2) is 72.0 Å². The van der Waals surface area contributed by atoms with Gasteiger partial charge in [0.15, 0.2) is 5.11 Å². The Bertz CT molecular complexity index is 1060. The fourth-order valence-electron chi connectivity index (χ4n) is 4.33. The van der Waals surface area contributed by atoms with Crippen LogP contribution in [0.1, 0.15) is 31.4 Å². The lowest BCUT2D eigenvalue weighted by Gasteiger charge is -2.28. The molecule has 8 heteroatoms. The van der Waals surface area contributed by atoms with Crippen molar-refractivity contribution in [2.75, 3.05) is 38.1 Å². The van der Waals surface area contributed by atoms with Gasteiger partial charge >= 0.3 is 0 Å². The van der Waals surface area contributed by atoms with E-state index in [1.807, 2.05) is 42.5 Å². The van der Waals surface area contributed by atoms with Crippen LogP contribution < -0.4 is 10.2 Å². The number of nitrogens with zero attached hydrogens (tertiary/aromatic N) is 4. The normalized spacial score (nSPS) is 19.6. The van der Waals surface area contributed by atoms with Gasteiger partial charge in [0.05, 0.1) is 11.4 Å². The predicted octanol–water partition coefficient (Wildman–Crippen LogP) is 3.77. The van der Waals surface area contributed by atoms with Crippen molar-refractivity contribution >= 4 is 46.2 Å². The van der Waals surface area contributed by atoms with Crippen LogP contribution in [0.4, 0.5) is 5.69 Å². The zero-order valence-corrected chi connectivity index (χ0v) is 20.9. The minimum Gasteiger partial charge on any atom is -0.348 e. The standard InChI is InChI=1S/C25H30ClN5OS/c1-17(2)30-12-7-13-31(15-14-30)25(33)28-23-24(32)29(3)21-11-10-19(26)16-20(21)22(27-23)18-8-5-4-6-9-18/h4-6,8-11,16-17,23H,7,12-15H2,1-3H3,(H,28,33). The summed E-state index contributed by atoms with van der Waals surface area (Å²) in [5.74, 6) is -0.162. The van der Waals surface area contributed by atoms with Crippen LogP contribution in [0.3, 0.4) is 0 Å². The molecule has 6 nitrogen and oxygen atoms in total. The maximum absolute atomic E-state index is 13.4. The molecule has 0 saturated carbocycles. The molecule has 1 saturated heterocycles. The summed E-state index contributed by atoms with van der Waals surface area (Å²) in [7, 11) is 1.77. The Morgan fingerprint density at radius 2 is 1.88 bits per heavy atom. The SMILES string of the molecule is CC(C)N1CCCN(C(=S)NC2N=C(c3ccccc3)c3cc(Cl)ccc3N(C)C2=O)CC1. The molecule has 2 aliphatic heterocycles. The monoisotopic (exact) mass is 483 g/mol. The fourth-order valence-corrected chi connectivity index (χ4v) is 4.80. The van der Waals surface area contributed by atoms with E-state index in [1.54, 1.807) is 18.0 Å². The first-order valence-corrected chi connectivity index (χ1v) is 12.1.